The van der Waals surface area contributed by atoms with Gasteiger partial charge in [0, 0.05) is 6.61 Å². The Hall–Kier alpha value is -0.860. The van der Waals surface area contributed by atoms with Crippen LogP contribution in [0.3, 0.4) is 0 Å². The van der Waals surface area contributed by atoms with Crippen molar-refractivity contribution >= 4 is 0 Å². The first kappa shape index (κ1) is 12.6. The van der Waals surface area contributed by atoms with Crippen LogP contribution in [0.2, 0.25) is 0 Å². The zero-order valence-electron chi connectivity index (χ0n) is 10.5. The van der Waals surface area contributed by atoms with E-state index >= 15 is 0 Å². The summed E-state index contributed by atoms with van der Waals surface area (Å²) in [5.74, 6) is 0. The molecule has 1 fully saturated rings. The van der Waals surface area contributed by atoms with Gasteiger partial charge in [0.2, 0.25) is 0 Å². The molecule has 1 aliphatic heterocycles. The highest BCUT2D eigenvalue weighted by molar-refractivity contribution is 5.28. The molecule has 1 aromatic carbocycles. The third kappa shape index (κ3) is 4.14. The van der Waals surface area contributed by atoms with Gasteiger partial charge in [0.25, 0.3) is 0 Å². The van der Waals surface area contributed by atoms with Gasteiger partial charge < -0.3 is 9.47 Å². The minimum Gasteiger partial charge on any atom is -0.353 e. The van der Waals surface area contributed by atoms with Crippen molar-refractivity contribution in [3.63, 3.8) is 0 Å². The highest BCUT2D eigenvalue weighted by Crippen LogP contribution is 2.16. The summed E-state index contributed by atoms with van der Waals surface area (Å²) in [4.78, 5) is 0. The van der Waals surface area contributed by atoms with E-state index in [2.05, 4.69) is 37.6 Å². The maximum absolute atomic E-state index is 5.77. The number of benzene rings is 1. The molecule has 1 aliphatic rings. The maximum atomic E-state index is 5.77. The number of hydrogen-bond acceptors (Lipinski definition) is 2. The predicted molar refractivity (Wildman–Crippen MR) is 68.5 cm³/mol. The van der Waals surface area contributed by atoms with E-state index in [4.69, 9.17) is 9.47 Å². The third-order valence-corrected chi connectivity index (χ3v) is 2.96. The van der Waals surface area contributed by atoms with Crippen LogP contribution in [0.4, 0.5) is 0 Å². The summed E-state index contributed by atoms with van der Waals surface area (Å²) in [6.07, 6.45) is 6.70. The van der Waals surface area contributed by atoms with Gasteiger partial charge in [-0.15, -0.1) is 0 Å². The van der Waals surface area contributed by atoms with Crippen LogP contribution in [-0.2, 0) is 16.1 Å². The van der Waals surface area contributed by atoms with Crippen LogP contribution in [0, 0.1) is 6.42 Å². The molecule has 2 heteroatoms. The summed E-state index contributed by atoms with van der Waals surface area (Å²) in [5, 5.41) is 0. The number of rotatable bonds is 5. The maximum Gasteiger partial charge on any atom is 0.158 e. The Balaban J connectivity index is 1.83. The molecule has 1 unspecified atom stereocenters. The second kappa shape index (κ2) is 6.77. The van der Waals surface area contributed by atoms with Gasteiger partial charge in [0.15, 0.2) is 6.29 Å². The van der Waals surface area contributed by atoms with E-state index in [-0.39, 0.29) is 6.29 Å². The summed E-state index contributed by atoms with van der Waals surface area (Å²) >= 11 is 0. The molecule has 2 rings (SSSR count). The Labute approximate surface area is 104 Å². The Morgan fingerprint density at radius 2 is 2.35 bits per heavy atom. The van der Waals surface area contributed by atoms with Crippen molar-refractivity contribution in [3.05, 3.63) is 41.8 Å². The van der Waals surface area contributed by atoms with Gasteiger partial charge in [-0.25, -0.2) is 0 Å². The second-order valence-electron chi connectivity index (χ2n) is 4.46. The molecule has 2 nitrogen and oxygen atoms in total. The molecule has 0 spiro atoms. The highest BCUT2D eigenvalue weighted by atomic mass is 16.7. The Morgan fingerprint density at radius 3 is 3.12 bits per heavy atom. The SMILES string of the molecule is CC[CH]c1cccc(COC2CCCCO2)c1. The monoisotopic (exact) mass is 233 g/mol. The Bertz CT molecular complexity index is 329. The van der Waals surface area contributed by atoms with Crippen LogP contribution in [0.25, 0.3) is 0 Å². The van der Waals surface area contributed by atoms with Gasteiger partial charge in [-0.2, -0.15) is 0 Å². The molecule has 0 aliphatic carbocycles. The lowest BCUT2D eigenvalue weighted by Gasteiger charge is -2.22. The zero-order valence-corrected chi connectivity index (χ0v) is 10.5. The zero-order chi connectivity index (χ0) is 11.9. The fourth-order valence-corrected chi connectivity index (χ4v) is 2.08. The van der Waals surface area contributed by atoms with Crippen LogP contribution in [-0.4, -0.2) is 12.9 Å². The van der Waals surface area contributed by atoms with E-state index in [0.29, 0.717) is 6.61 Å². The van der Waals surface area contributed by atoms with Gasteiger partial charge in [0.05, 0.1) is 6.61 Å². The molecule has 1 radical (unpaired) electrons. The molecule has 93 valence electrons. The summed E-state index contributed by atoms with van der Waals surface area (Å²) in [6, 6.07) is 8.51. The van der Waals surface area contributed by atoms with Gasteiger partial charge in [-0.1, -0.05) is 31.2 Å². The van der Waals surface area contributed by atoms with E-state index in [1.165, 1.54) is 24.0 Å². The normalized spacial score (nSPS) is 20.4. The molecule has 0 bridgehead atoms. The summed E-state index contributed by atoms with van der Waals surface area (Å²) < 4.78 is 11.3. The number of ether oxygens (including phenoxy) is 2. The van der Waals surface area contributed by atoms with E-state index in [0.717, 1.165) is 19.4 Å². The van der Waals surface area contributed by atoms with Crippen LogP contribution < -0.4 is 0 Å². The van der Waals surface area contributed by atoms with Crippen molar-refractivity contribution in [2.24, 2.45) is 0 Å². The molecule has 0 saturated carbocycles. The van der Waals surface area contributed by atoms with E-state index in [1.54, 1.807) is 0 Å². The first-order chi connectivity index (χ1) is 8.38. The first-order valence-corrected chi connectivity index (χ1v) is 6.54. The van der Waals surface area contributed by atoms with Crippen molar-refractivity contribution in [1.29, 1.82) is 0 Å². The molecule has 1 aromatic rings. The van der Waals surface area contributed by atoms with E-state index in [1.807, 2.05) is 0 Å². The van der Waals surface area contributed by atoms with Crippen LogP contribution >= 0.6 is 0 Å². The topological polar surface area (TPSA) is 18.5 Å². The largest absolute Gasteiger partial charge is 0.353 e. The van der Waals surface area contributed by atoms with Crippen LogP contribution in [0.15, 0.2) is 24.3 Å². The first-order valence-electron chi connectivity index (χ1n) is 6.54. The fraction of sp³-hybridized carbons (Fsp3) is 0.533. The quantitative estimate of drug-likeness (QED) is 0.772. The molecular weight excluding hydrogens is 212 g/mol. The molecule has 1 saturated heterocycles. The average molecular weight is 233 g/mol. The minimum absolute atomic E-state index is 0.00237. The molecule has 1 heterocycles. The second-order valence-corrected chi connectivity index (χ2v) is 4.46. The molecule has 0 amide bonds. The van der Waals surface area contributed by atoms with Crippen molar-refractivity contribution in [2.75, 3.05) is 6.61 Å². The van der Waals surface area contributed by atoms with Crippen LogP contribution in [0.1, 0.15) is 43.7 Å². The van der Waals surface area contributed by atoms with Crippen molar-refractivity contribution in [2.45, 2.75) is 45.5 Å². The Kier molecular flexibility index (Phi) is 5.02. The van der Waals surface area contributed by atoms with Gasteiger partial charge in [0.1, 0.15) is 0 Å². The highest BCUT2D eigenvalue weighted by Gasteiger charge is 2.13. The summed E-state index contributed by atoms with van der Waals surface area (Å²) in [6.45, 7) is 3.64. The third-order valence-electron chi connectivity index (χ3n) is 2.96. The summed E-state index contributed by atoms with van der Waals surface area (Å²) in [7, 11) is 0. The lowest BCUT2D eigenvalue weighted by atomic mass is 10.1. The number of hydrogen-bond donors (Lipinski definition) is 0. The molecular formula is C15H21O2. The molecule has 0 N–H and O–H groups in total. The van der Waals surface area contributed by atoms with Crippen molar-refractivity contribution < 1.29 is 9.47 Å². The van der Waals surface area contributed by atoms with E-state index in [9.17, 15) is 0 Å². The fourth-order valence-electron chi connectivity index (χ4n) is 2.08. The minimum atomic E-state index is 0.00237. The lowest BCUT2D eigenvalue weighted by molar-refractivity contribution is -0.168. The van der Waals surface area contributed by atoms with Crippen molar-refractivity contribution in [3.8, 4) is 0 Å². The standard InChI is InChI=1S/C15H21O2/c1-2-6-13-7-5-8-14(11-13)12-17-15-9-3-4-10-16-15/h5-8,11,15H,2-4,9-10,12H2,1H3. The lowest BCUT2D eigenvalue weighted by Crippen LogP contribution is -2.22. The van der Waals surface area contributed by atoms with Crippen LogP contribution in [0.5, 0.6) is 0 Å². The molecule has 17 heavy (non-hydrogen) atoms. The average Bonchev–Trinajstić information content (AvgIpc) is 2.39. The smallest absolute Gasteiger partial charge is 0.158 e. The van der Waals surface area contributed by atoms with E-state index < -0.39 is 0 Å². The molecule has 0 aromatic heterocycles. The Morgan fingerprint density at radius 1 is 1.41 bits per heavy atom. The van der Waals surface area contributed by atoms with Gasteiger partial charge in [-0.05, 0) is 43.2 Å². The van der Waals surface area contributed by atoms with Crippen molar-refractivity contribution in [1.82, 2.24) is 0 Å². The summed E-state index contributed by atoms with van der Waals surface area (Å²) in [5.41, 5.74) is 2.50. The molecule has 1 atom stereocenters. The van der Waals surface area contributed by atoms with Gasteiger partial charge in [-0.3, -0.25) is 0 Å². The van der Waals surface area contributed by atoms with Gasteiger partial charge >= 0.3 is 0 Å². The predicted octanol–water partition coefficient (Wildman–Crippen LogP) is 3.69.